The number of rotatable bonds is 7. The lowest BCUT2D eigenvalue weighted by atomic mass is 10.0. The van der Waals surface area contributed by atoms with Crippen LogP contribution in [0.1, 0.15) is 48.2 Å². The summed E-state index contributed by atoms with van der Waals surface area (Å²) in [4.78, 5) is 42.3. The summed E-state index contributed by atoms with van der Waals surface area (Å²) in [6.45, 7) is 8.79. The van der Waals surface area contributed by atoms with E-state index in [4.69, 9.17) is 0 Å². The van der Waals surface area contributed by atoms with Crippen molar-refractivity contribution in [3.05, 3.63) is 69.3 Å². The summed E-state index contributed by atoms with van der Waals surface area (Å²) in [6.07, 6.45) is 2.19. The number of nitro groups is 1. The number of aryl methyl sites for hydroxylation is 2. The number of hydrogen-bond acceptors (Lipinski definition) is 6. The van der Waals surface area contributed by atoms with Crippen LogP contribution >= 0.6 is 0 Å². The van der Waals surface area contributed by atoms with Crippen LogP contribution in [-0.2, 0) is 4.79 Å². The van der Waals surface area contributed by atoms with Crippen molar-refractivity contribution in [1.82, 2.24) is 14.7 Å². The molecule has 0 spiro atoms. The first-order chi connectivity index (χ1) is 17.3. The Bertz CT molecular complexity index is 1110. The molecule has 0 aliphatic carbocycles. The van der Waals surface area contributed by atoms with Crippen molar-refractivity contribution in [2.75, 3.05) is 51.1 Å². The lowest BCUT2D eigenvalue weighted by Gasteiger charge is -2.36. The van der Waals surface area contributed by atoms with Gasteiger partial charge in [-0.2, -0.15) is 0 Å². The van der Waals surface area contributed by atoms with Crippen LogP contribution in [0.3, 0.4) is 0 Å². The molecule has 9 nitrogen and oxygen atoms in total. The summed E-state index contributed by atoms with van der Waals surface area (Å²) < 4.78 is 0. The monoisotopic (exact) mass is 509 g/mol. The average molecular weight is 510 g/mol. The van der Waals surface area contributed by atoms with Crippen molar-refractivity contribution in [1.29, 1.82) is 0 Å². The molecule has 1 N–H and O–H groups in total. The molecule has 2 aliphatic rings. The maximum atomic E-state index is 12.8. The molecule has 0 unspecified atom stereocenters. The van der Waals surface area contributed by atoms with E-state index in [9.17, 15) is 19.7 Å². The van der Waals surface area contributed by atoms with Crippen LogP contribution in [0.4, 0.5) is 11.4 Å². The van der Waals surface area contributed by atoms with Crippen molar-refractivity contribution >= 4 is 23.2 Å². The van der Waals surface area contributed by atoms with Crippen molar-refractivity contribution in [2.24, 2.45) is 0 Å². The molecule has 37 heavy (non-hydrogen) atoms. The van der Waals surface area contributed by atoms with Crippen molar-refractivity contribution in [3.8, 4) is 0 Å². The van der Waals surface area contributed by atoms with E-state index in [1.54, 1.807) is 13.0 Å². The summed E-state index contributed by atoms with van der Waals surface area (Å²) in [6, 6.07) is 13.0. The maximum Gasteiger partial charge on any atom is 0.272 e. The predicted octanol–water partition coefficient (Wildman–Crippen LogP) is 4.10. The summed E-state index contributed by atoms with van der Waals surface area (Å²) in [5, 5.41) is 14.5. The molecular weight excluding hydrogens is 470 g/mol. The van der Waals surface area contributed by atoms with Gasteiger partial charge in [-0.3, -0.25) is 24.6 Å². The number of hydrogen-bond donors (Lipinski definition) is 1. The Morgan fingerprint density at radius 1 is 0.973 bits per heavy atom. The first-order valence-corrected chi connectivity index (χ1v) is 12.7. The highest BCUT2D eigenvalue weighted by molar-refractivity contribution is 5.94. The largest absolute Gasteiger partial charge is 0.382 e. The smallest absolute Gasteiger partial charge is 0.272 e. The molecule has 2 amide bonds. The summed E-state index contributed by atoms with van der Waals surface area (Å²) in [5.41, 5.74) is 3.46. The molecule has 200 valence electrons. The number of benzene rings is 2. The molecule has 0 saturated carbocycles. The first-order valence-electron chi connectivity index (χ1n) is 12.7. The highest BCUT2D eigenvalue weighted by Gasteiger charge is 2.25. The minimum absolute atomic E-state index is 0. The zero-order chi connectivity index (χ0) is 25.7. The van der Waals surface area contributed by atoms with E-state index < -0.39 is 0 Å². The van der Waals surface area contributed by atoms with Gasteiger partial charge in [0.2, 0.25) is 5.91 Å². The van der Waals surface area contributed by atoms with Crippen LogP contribution in [0, 0.1) is 24.0 Å². The van der Waals surface area contributed by atoms with Crippen LogP contribution < -0.4 is 5.32 Å². The van der Waals surface area contributed by atoms with E-state index in [2.05, 4.69) is 10.2 Å². The molecule has 2 heterocycles. The number of anilines is 1. The third kappa shape index (κ3) is 7.29. The van der Waals surface area contributed by atoms with Gasteiger partial charge in [0.15, 0.2) is 0 Å². The Kier molecular flexibility index (Phi) is 9.63. The van der Waals surface area contributed by atoms with Crippen molar-refractivity contribution < 1.29 is 14.5 Å². The number of carbonyl (C=O) groups excluding carboxylic acids is 2. The molecule has 2 aromatic carbocycles. The topological polar surface area (TPSA) is 99.0 Å². The van der Waals surface area contributed by atoms with E-state index in [0.29, 0.717) is 44.7 Å². The first kappa shape index (κ1) is 28.1. The summed E-state index contributed by atoms with van der Waals surface area (Å²) >= 11 is 0. The molecule has 0 bridgehead atoms. The zero-order valence-corrected chi connectivity index (χ0v) is 21.1. The number of amides is 2. The second-order valence-corrected chi connectivity index (χ2v) is 9.81. The van der Waals surface area contributed by atoms with E-state index in [1.165, 1.54) is 6.07 Å². The second kappa shape index (κ2) is 12.7. The molecule has 9 heteroatoms. The van der Waals surface area contributed by atoms with Gasteiger partial charge in [-0.25, -0.2) is 0 Å². The number of piperidine rings is 1. The van der Waals surface area contributed by atoms with Gasteiger partial charge in [-0.15, -0.1) is 0 Å². The Labute approximate surface area is 219 Å². The molecular formula is C28H39N5O4. The fraction of sp³-hybridized carbons (Fsp3) is 0.500. The van der Waals surface area contributed by atoms with Crippen LogP contribution in [0.15, 0.2) is 42.5 Å². The second-order valence-electron chi connectivity index (χ2n) is 9.81. The zero-order valence-electron chi connectivity index (χ0n) is 21.1. The summed E-state index contributed by atoms with van der Waals surface area (Å²) in [5.74, 6) is 0.257. The number of likely N-dealkylation sites (tertiary alicyclic amines) is 1. The van der Waals surface area contributed by atoms with E-state index in [-0.39, 0.29) is 35.9 Å². The molecule has 4 rings (SSSR count). The van der Waals surface area contributed by atoms with Gasteiger partial charge in [0.05, 0.1) is 4.92 Å². The number of nitro benzene ring substituents is 1. The van der Waals surface area contributed by atoms with Gasteiger partial charge in [0.1, 0.15) is 0 Å². The van der Waals surface area contributed by atoms with E-state index in [0.717, 1.165) is 42.7 Å². The molecule has 2 aromatic rings. The van der Waals surface area contributed by atoms with Crippen molar-refractivity contribution in [2.45, 2.75) is 46.6 Å². The predicted molar refractivity (Wildman–Crippen MR) is 146 cm³/mol. The van der Waals surface area contributed by atoms with Gasteiger partial charge >= 0.3 is 0 Å². The molecule has 0 atom stereocenters. The quantitative estimate of drug-likeness (QED) is 0.446. The Morgan fingerprint density at radius 3 is 2.30 bits per heavy atom. The molecule has 2 saturated heterocycles. The van der Waals surface area contributed by atoms with Crippen LogP contribution in [0.2, 0.25) is 0 Å². The Balaban J connectivity index is 0.00000380. The number of nitrogens with one attached hydrogen (secondary N) is 1. The summed E-state index contributed by atoms with van der Waals surface area (Å²) in [7, 11) is 0. The Morgan fingerprint density at radius 2 is 1.68 bits per heavy atom. The maximum absolute atomic E-state index is 12.8. The average Bonchev–Trinajstić information content (AvgIpc) is 2.87. The lowest BCUT2D eigenvalue weighted by molar-refractivity contribution is -0.385. The number of nitrogens with zero attached hydrogens (tertiary/aromatic N) is 4. The fourth-order valence-electron chi connectivity index (χ4n) is 5.01. The standard InChI is InChI=1S/C27H35N5O4.CH4/c1-20-4-3-5-22(18-20)27(34)31-16-14-29(15-17-31)11-10-26(33)30-12-8-23(9-13-30)28-24-6-7-25(32(35)36)21(2)19-24;/h3-7,18-19,23,28H,8-17H2,1-2H3;1H4. The van der Waals surface area contributed by atoms with Gasteiger partial charge in [-0.1, -0.05) is 25.1 Å². The third-order valence-electron chi connectivity index (χ3n) is 7.18. The van der Waals surface area contributed by atoms with Gasteiger partial charge < -0.3 is 15.1 Å². The molecule has 0 radical (unpaired) electrons. The minimum atomic E-state index is -0.367. The van der Waals surface area contributed by atoms with E-state index in [1.807, 2.05) is 47.1 Å². The van der Waals surface area contributed by atoms with Crippen molar-refractivity contribution in [3.63, 3.8) is 0 Å². The fourth-order valence-corrected chi connectivity index (χ4v) is 5.01. The number of carbonyl (C=O) groups is 2. The van der Waals surface area contributed by atoms with E-state index >= 15 is 0 Å². The molecule has 2 aliphatic heterocycles. The van der Waals surface area contributed by atoms with Gasteiger partial charge in [0.25, 0.3) is 11.6 Å². The SMILES string of the molecule is C.Cc1cccc(C(=O)N2CCN(CCC(=O)N3CCC(Nc4ccc([N+](=O)[O-])c(C)c4)CC3)CC2)c1. The van der Waals surface area contributed by atoms with Gasteiger partial charge in [0, 0.05) is 81.2 Å². The molecule has 0 aromatic heterocycles. The minimum Gasteiger partial charge on any atom is -0.382 e. The van der Waals surface area contributed by atoms with Crippen LogP contribution in [0.5, 0.6) is 0 Å². The molecule has 2 fully saturated rings. The highest BCUT2D eigenvalue weighted by Crippen LogP contribution is 2.24. The van der Waals surface area contributed by atoms with Crippen LogP contribution in [0.25, 0.3) is 0 Å². The van der Waals surface area contributed by atoms with Crippen LogP contribution in [-0.4, -0.2) is 83.3 Å². The normalized spacial score (nSPS) is 16.7. The Hall–Kier alpha value is -3.46. The number of piperazine rings is 1. The lowest BCUT2D eigenvalue weighted by Crippen LogP contribution is -2.49. The highest BCUT2D eigenvalue weighted by atomic mass is 16.6. The van der Waals surface area contributed by atoms with Gasteiger partial charge in [-0.05, 0) is 51.0 Å². The third-order valence-corrected chi connectivity index (χ3v) is 7.18.